The molecule has 2 rings (SSSR count). The van der Waals surface area contributed by atoms with Crippen molar-refractivity contribution < 1.29 is 9.26 Å². The normalized spacial score (nSPS) is 12.5. The van der Waals surface area contributed by atoms with E-state index in [0.717, 1.165) is 17.1 Å². The lowest BCUT2D eigenvalue weighted by atomic mass is 10.1. The van der Waals surface area contributed by atoms with Gasteiger partial charge in [-0.15, -0.1) is 0 Å². The fraction of sp³-hybridized carbons (Fsp3) is 0.467. The number of ether oxygens (including phenoxy) is 1. The second kappa shape index (κ2) is 5.94. The first-order chi connectivity index (χ1) is 9.52. The highest BCUT2D eigenvalue weighted by molar-refractivity contribution is 5.35. The van der Waals surface area contributed by atoms with Crippen molar-refractivity contribution in [3.8, 4) is 5.75 Å². The molecule has 0 saturated carbocycles. The number of anilines is 1. The lowest BCUT2D eigenvalue weighted by molar-refractivity contribution is 0.401. The zero-order valence-corrected chi connectivity index (χ0v) is 12.6. The Morgan fingerprint density at radius 1 is 1.15 bits per heavy atom. The minimum Gasteiger partial charge on any atom is -0.497 e. The zero-order valence-electron chi connectivity index (χ0n) is 12.6. The first-order valence-electron chi connectivity index (χ1n) is 6.73. The summed E-state index contributed by atoms with van der Waals surface area (Å²) in [6, 6.07) is 8.66. The molecule has 0 fully saturated rings. The van der Waals surface area contributed by atoms with Crippen LogP contribution in [0.1, 0.15) is 44.1 Å². The van der Waals surface area contributed by atoms with Crippen LogP contribution in [0.25, 0.3) is 0 Å². The molecular weight excluding hydrogens is 254 g/mol. The molecule has 0 spiro atoms. The first-order valence-corrected chi connectivity index (χ1v) is 6.73. The van der Waals surface area contributed by atoms with Crippen LogP contribution in [0.5, 0.6) is 5.75 Å². The van der Waals surface area contributed by atoms with Crippen LogP contribution in [0.3, 0.4) is 0 Å². The maximum absolute atomic E-state index is 5.32. The van der Waals surface area contributed by atoms with Crippen LogP contribution < -0.4 is 9.64 Å². The summed E-state index contributed by atoms with van der Waals surface area (Å²) in [7, 11) is 3.61. The van der Waals surface area contributed by atoms with Crippen LogP contribution in [-0.2, 0) is 0 Å². The zero-order chi connectivity index (χ0) is 14.7. The molecule has 0 radical (unpaired) electrons. The quantitative estimate of drug-likeness (QED) is 0.837. The predicted octanol–water partition coefficient (Wildman–Crippen LogP) is 3.40. The molecule has 0 aliphatic heterocycles. The van der Waals surface area contributed by atoms with Crippen molar-refractivity contribution in [2.45, 2.75) is 32.7 Å². The first kappa shape index (κ1) is 14.4. The molecule has 0 N–H and O–H groups in total. The topological polar surface area (TPSA) is 51.4 Å². The van der Waals surface area contributed by atoms with Crippen LogP contribution >= 0.6 is 0 Å². The summed E-state index contributed by atoms with van der Waals surface area (Å²) in [5.74, 6) is 1.84. The van der Waals surface area contributed by atoms with Crippen molar-refractivity contribution >= 4 is 6.01 Å². The van der Waals surface area contributed by atoms with Gasteiger partial charge >= 0.3 is 6.01 Å². The van der Waals surface area contributed by atoms with Crippen molar-refractivity contribution in [1.82, 2.24) is 10.1 Å². The highest BCUT2D eigenvalue weighted by atomic mass is 16.5. The molecule has 0 bridgehead atoms. The van der Waals surface area contributed by atoms with E-state index in [2.05, 4.69) is 17.1 Å². The standard InChI is InChI=1S/C15H21N3O2/c1-10(2)14-16-15(20-17-14)18(4)11(3)12-6-8-13(19-5)9-7-12/h6-11H,1-5H3. The number of hydrogen-bond acceptors (Lipinski definition) is 5. The molecule has 2 aromatic rings. The number of methoxy groups -OCH3 is 1. The monoisotopic (exact) mass is 275 g/mol. The molecule has 5 nitrogen and oxygen atoms in total. The Kier molecular flexibility index (Phi) is 4.27. The van der Waals surface area contributed by atoms with Crippen LogP contribution in [0.15, 0.2) is 28.8 Å². The molecule has 1 heterocycles. The van der Waals surface area contributed by atoms with E-state index in [9.17, 15) is 0 Å². The summed E-state index contributed by atoms with van der Waals surface area (Å²) in [5.41, 5.74) is 1.16. The summed E-state index contributed by atoms with van der Waals surface area (Å²) in [6.07, 6.45) is 0. The van der Waals surface area contributed by atoms with Crippen LogP contribution in [0.4, 0.5) is 6.01 Å². The highest BCUT2D eigenvalue weighted by Gasteiger charge is 2.19. The molecular formula is C15H21N3O2. The van der Waals surface area contributed by atoms with Gasteiger partial charge in [-0.2, -0.15) is 4.98 Å². The summed E-state index contributed by atoms with van der Waals surface area (Å²) in [6.45, 7) is 6.18. The molecule has 5 heteroatoms. The Morgan fingerprint density at radius 2 is 1.80 bits per heavy atom. The van der Waals surface area contributed by atoms with Gasteiger partial charge in [0, 0.05) is 13.0 Å². The van der Waals surface area contributed by atoms with Gasteiger partial charge in [-0.1, -0.05) is 31.1 Å². The average Bonchev–Trinajstić information content (AvgIpc) is 2.96. The van der Waals surface area contributed by atoms with E-state index < -0.39 is 0 Å². The van der Waals surface area contributed by atoms with E-state index in [1.54, 1.807) is 7.11 Å². The van der Waals surface area contributed by atoms with Gasteiger partial charge < -0.3 is 14.2 Å². The van der Waals surface area contributed by atoms with Crippen LogP contribution in [-0.4, -0.2) is 24.3 Å². The van der Waals surface area contributed by atoms with Crippen LogP contribution in [0, 0.1) is 0 Å². The molecule has 108 valence electrons. The molecule has 0 saturated heterocycles. The summed E-state index contributed by atoms with van der Waals surface area (Å²) < 4.78 is 10.5. The lowest BCUT2D eigenvalue weighted by Crippen LogP contribution is -2.21. The summed E-state index contributed by atoms with van der Waals surface area (Å²) in [4.78, 5) is 6.39. The number of benzene rings is 1. The van der Waals surface area contributed by atoms with E-state index >= 15 is 0 Å². The van der Waals surface area contributed by atoms with E-state index in [1.807, 2.05) is 50.1 Å². The van der Waals surface area contributed by atoms with Gasteiger partial charge in [-0.25, -0.2) is 0 Å². The van der Waals surface area contributed by atoms with Crippen molar-refractivity contribution in [3.63, 3.8) is 0 Å². The molecule has 20 heavy (non-hydrogen) atoms. The maximum atomic E-state index is 5.32. The SMILES string of the molecule is COc1ccc(C(C)N(C)c2nc(C(C)C)no2)cc1. The van der Waals surface area contributed by atoms with Gasteiger partial charge in [0.25, 0.3) is 0 Å². The Bertz CT molecular complexity index is 549. The molecule has 0 aliphatic rings. The highest BCUT2D eigenvalue weighted by Crippen LogP contribution is 2.26. The molecule has 1 aromatic heterocycles. The molecule has 1 atom stereocenters. The Hall–Kier alpha value is -2.04. The van der Waals surface area contributed by atoms with Gasteiger partial charge in [-0.3, -0.25) is 0 Å². The largest absolute Gasteiger partial charge is 0.497 e. The van der Waals surface area contributed by atoms with Gasteiger partial charge in [0.05, 0.1) is 13.2 Å². The van der Waals surface area contributed by atoms with Crippen molar-refractivity contribution in [2.24, 2.45) is 0 Å². The maximum Gasteiger partial charge on any atom is 0.324 e. The molecule has 0 aliphatic carbocycles. The fourth-order valence-corrected chi connectivity index (χ4v) is 1.88. The minimum atomic E-state index is 0.140. The van der Waals surface area contributed by atoms with Crippen molar-refractivity contribution in [2.75, 3.05) is 19.1 Å². The second-order valence-corrected chi connectivity index (χ2v) is 5.15. The number of nitrogens with zero attached hydrogens (tertiary/aromatic N) is 3. The van der Waals surface area contributed by atoms with E-state index in [0.29, 0.717) is 6.01 Å². The van der Waals surface area contributed by atoms with Gasteiger partial charge in [-0.05, 0) is 24.6 Å². The lowest BCUT2D eigenvalue weighted by Gasteiger charge is -2.23. The molecule has 1 unspecified atom stereocenters. The number of rotatable bonds is 5. The van der Waals surface area contributed by atoms with Crippen LogP contribution in [0.2, 0.25) is 0 Å². The molecule has 1 aromatic carbocycles. The second-order valence-electron chi connectivity index (χ2n) is 5.15. The Balaban J connectivity index is 2.15. The van der Waals surface area contributed by atoms with E-state index in [4.69, 9.17) is 9.26 Å². The van der Waals surface area contributed by atoms with Crippen molar-refractivity contribution in [1.29, 1.82) is 0 Å². The third-order valence-electron chi connectivity index (χ3n) is 3.43. The summed E-state index contributed by atoms with van der Waals surface area (Å²) in [5, 5.41) is 3.99. The Morgan fingerprint density at radius 3 is 2.30 bits per heavy atom. The minimum absolute atomic E-state index is 0.140. The van der Waals surface area contributed by atoms with E-state index in [1.165, 1.54) is 0 Å². The van der Waals surface area contributed by atoms with E-state index in [-0.39, 0.29) is 12.0 Å². The fourth-order valence-electron chi connectivity index (χ4n) is 1.88. The predicted molar refractivity (Wildman–Crippen MR) is 78.2 cm³/mol. The van der Waals surface area contributed by atoms with Gasteiger partial charge in [0.15, 0.2) is 5.82 Å². The summed E-state index contributed by atoms with van der Waals surface area (Å²) >= 11 is 0. The third-order valence-corrected chi connectivity index (χ3v) is 3.43. The smallest absolute Gasteiger partial charge is 0.324 e. The van der Waals surface area contributed by atoms with Crippen molar-refractivity contribution in [3.05, 3.63) is 35.7 Å². The number of hydrogen-bond donors (Lipinski definition) is 0. The Labute approximate surface area is 119 Å². The third kappa shape index (κ3) is 2.92. The molecule has 0 amide bonds. The van der Waals surface area contributed by atoms with Gasteiger partial charge in [0.1, 0.15) is 5.75 Å². The number of aromatic nitrogens is 2. The van der Waals surface area contributed by atoms with Gasteiger partial charge in [0.2, 0.25) is 0 Å². The average molecular weight is 275 g/mol.